The second-order valence-corrected chi connectivity index (χ2v) is 6.76. The molecule has 24 heavy (non-hydrogen) atoms. The summed E-state index contributed by atoms with van der Waals surface area (Å²) in [4.78, 5) is 16.9. The zero-order valence-corrected chi connectivity index (χ0v) is 14.7. The van der Waals surface area contributed by atoms with Gasteiger partial charge in [0.2, 0.25) is 0 Å². The zero-order valence-electron chi connectivity index (χ0n) is 14.7. The number of carbonyl (C=O) groups is 1. The van der Waals surface area contributed by atoms with Crippen LogP contribution in [0, 0.1) is 0 Å². The lowest BCUT2D eigenvalue weighted by Gasteiger charge is -2.38. The van der Waals surface area contributed by atoms with Crippen molar-refractivity contribution >= 4 is 6.03 Å². The van der Waals surface area contributed by atoms with Gasteiger partial charge in [0.25, 0.3) is 0 Å². The third kappa shape index (κ3) is 4.20. The van der Waals surface area contributed by atoms with Crippen molar-refractivity contribution in [2.75, 3.05) is 39.8 Å². The Hall–Kier alpha value is -1.75. The Morgan fingerprint density at radius 3 is 2.58 bits per heavy atom. The van der Waals surface area contributed by atoms with Gasteiger partial charge in [-0.25, -0.2) is 4.79 Å². The lowest BCUT2D eigenvalue weighted by molar-refractivity contribution is 0.110. The topological polar surface area (TPSA) is 44.8 Å². The largest absolute Gasteiger partial charge is 0.496 e. The first-order valence-corrected chi connectivity index (χ1v) is 9.16. The molecule has 0 atom stereocenters. The van der Waals surface area contributed by atoms with Crippen LogP contribution in [0.5, 0.6) is 5.75 Å². The molecule has 1 aliphatic carbocycles. The van der Waals surface area contributed by atoms with Gasteiger partial charge in [-0.15, -0.1) is 0 Å². The molecule has 0 bridgehead atoms. The van der Waals surface area contributed by atoms with Gasteiger partial charge in [-0.2, -0.15) is 0 Å². The normalized spacial score (nSPS) is 19.5. The maximum absolute atomic E-state index is 12.3. The summed E-state index contributed by atoms with van der Waals surface area (Å²) in [6, 6.07) is 8.80. The molecule has 1 saturated heterocycles. The Labute approximate surface area is 145 Å². The van der Waals surface area contributed by atoms with Crippen LogP contribution in [0.4, 0.5) is 4.79 Å². The van der Waals surface area contributed by atoms with E-state index in [0.29, 0.717) is 6.54 Å². The van der Waals surface area contributed by atoms with Crippen LogP contribution in [-0.4, -0.2) is 61.7 Å². The number of hydrogen-bond acceptors (Lipinski definition) is 3. The molecule has 0 spiro atoms. The van der Waals surface area contributed by atoms with E-state index in [1.54, 1.807) is 7.11 Å². The van der Waals surface area contributed by atoms with Gasteiger partial charge in [0.05, 0.1) is 7.11 Å². The van der Waals surface area contributed by atoms with Crippen LogP contribution in [-0.2, 0) is 6.42 Å². The molecule has 1 heterocycles. The minimum atomic E-state index is 0.0657. The van der Waals surface area contributed by atoms with Gasteiger partial charge in [0, 0.05) is 38.8 Å². The highest BCUT2D eigenvalue weighted by atomic mass is 16.5. The SMILES string of the molecule is COc1ccccc1CCNC(=O)N1CCN(C2CCCC2)CC1. The molecule has 0 unspecified atom stereocenters. The number of nitrogens with one attached hydrogen (secondary N) is 1. The molecule has 0 aromatic heterocycles. The monoisotopic (exact) mass is 331 g/mol. The van der Waals surface area contributed by atoms with E-state index in [9.17, 15) is 4.79 Å². The predicted octanol–water partition coefficient (Wildman–Crippen LogP) is 2.51. The van der Waals surface area contributed by atoms with Gasteiger partial charge in [-0.1, -0.05) is 31.0 Å². The smallest absolute Gasteiger partial charge is 0.317 e. The van der Waals surface area contributed by atoms with Crippen molar-refractivity contribution in [1.29, 1.82) is 0 Å². The molecule has 3 rings (SSSR count). The quantitative estimate of drug-likeness (QED) is 0.902. The van der Waals surface area contributed by atoms with Crippen molar-refractivity contribution in [3.63, 3.8) is 0 Å². The fourth-order valence-corrected chi connectivity index (χ4v) is 3.88. The Kier molecular flexibility index (Phi) is 5.96. The molecule has 1 saturated carbocycles. The van der Waals surface area contributed by atoms with Gasteiger partial charge >= 0.3 is 6.03 Å². The first kappa shape index (κ1) is 17.1. The summed E-state index contributed by atoms with van der Waals surface area (Å²) in [7, 11) is 1.68. The lowest BCUT2D eigenvalue weighted by Crippen LogP contribution is -2.53. The van der Waals surface area contributed by atoms with E-state index in [-0.39, 0.29) is 6.03 Å². The number of piperazine rings is 1. The van der Waals surface area contributed by atoms with E-state index in [0.717, 1.165) is 50.0 Å². The highest BCUT2D eigenvalue weighted by Crippen LogP contribution is 2.24. The number of methoxy groups -OCH3 is 1. The maximum atomic E-state index is 12.3. The first-order valence-electron chi connectivity index (χ1n) is 9.16. The van der Waals surface area contributed by atoms with Crippen molar-refractivity contribution in [3.8, 4) is 5.75 Å². The summed E-state index contributed by atoms with van der Waals surface area (Å²) in [6.07, 6.45) is 6.20. The molecule has 5 nitrogen and oxygen atoms in total. The molecule has 1 aromatic rings. The number of ether oxygens (including phenoxy) is 1. The van der Waals surface area contributed by atoms with Crippen LogP contribution in [0.2, 0.25) is 0 Å². The molecule has 2 amide bonds. The molecule has 2 aliphatic rings. The Bertz CT molecular complexity index is 535. The van der Waals surface area contributed by atoms with E-state index in [4.69, 9.17) is 4.74 Å². The van der Waals surface area contributed by atoms with Gasteiger partial charge < -0.3 is 15.0 Å². The maximum Gasteiger partial charge on any atom is 0.317 e. The van der Waals surface area contributed by atoms with Crippen molar-refractivity contribution in [2.45, 2.75) is 38.1 Å². The van der Waals surface area contributed by atoms with Crippen molar-refractivity contribution in [3.05, 3.63) is 29.8 Å². The second-order valence-electron chi connectivity index (χ2n) is 6.76. The fraction of sp³-hybridized carbons (Fsp3) is 0.632. The first-order chi connectivity index (χ1) is 11.8. The number of nitrogens with zero attached hydrogens (tertiary/aromatic N) is 2. The van der Waals surface area contributed by atoms with E-state index < -0.39 is 0 Å². The minimum Gasteiger partial charge on any atom is -0.496 e. The summed E-state index contributed by atoms with van der Waals surface area (Å²) in [5.41, 5.74) is 1.13. The number of amides is 2. The Balaban J connectivity index is 1.39. The van der Waals surface area contributed by atoms with E-state index in [1.165, 1.54) is 25.7 Å². The van der Waals surface area contributed by atoms with Crippen LogP contribution in [0.25, 0.3) is 0 Å². The molecular weight excluding hydrogens is 302 g/mol. The van der Waals surface area contributed by atoms with Crippen LogP contribution in [0.1, 0.15) is 31.2 Å². The van der Waals surface area contributed by atoms with E-state index in [1.807, 2.05) is 29.2 Å². The average Bonchev–Trinajstić information content (AvgIpc) is 3.17. The second kappa shape index (κ2) is 8.38. The number of rotatable bonds is 5. The standard InChI is InChI=1S/C19H29N3O2/c1-24-18-9-5-2-6-16(18)10-11-20-19(23)22-14-12-21(13-15-22)17-7-3-4-8-17/h2,5-6,9,17H,3-4,7-8,10-15H2,1H3,(H,20,23). The number of hydrogen-bond donors (Lipinski definition) is 1. The number of benzene rings is 1. The van der Waals surface area contributed by atoms with Crippen molar-refractivity contribution in [2.24, 2.45) is 0 Å². The molecule has 5 heteroatoms. The molecular formula is C19H29N3O2. The molecule has 1 N–H and O–H groups in total. The van der Waals surface area contributed by atoms with Gasteiger partial charge in [0.15, 0.2) is 0 Å². The Morgan fingerprint density at radius 2 is 1.88 bits per heavy atom. The third-order valence-corrected chi connectivity index (χ3v) is 5.31. The number of para-hydroxylation sites is 1. The number of urea groups is 1. The van der Waals surface area contributed by atoms with Gasteiger partial charge in [0.1, 0.15) is 5.75 Å². The van der Waals surface area contributed by atoms with Crippen LogP contribution >= 0.6 is 0 Å². The fourth-order valence-electron chi connectivity index (χ4n) is 3.88. The number of carbonyl (C=O) groups excluding carboxylic acids is 1. The van der Waals surface area contributed by atoms with Crippen molar-refractivity contribution < 1.29 is 9.53 Å². The molecule has 132 valence electrons. The van der Waals surface area contributed by atoms with E-state index in [2.05, 4.69) is 10.2 Å². The zero-order chi connectivity index (χ0) is 16.8. The van der Waals surface area contributed by atoms with Gasteiger partial charge in [-0.3, -0.25) is 4.90 Å². The van der Waals surface area contributed by atoms with Crippen molar-refractivity contribution in [1.82, 2.24) is 15.1 Å². The molecule has 1 aromatic carbocycles. The summed E-state index contributed by atoms with van der Waals surface area (Å²) in [5, 5.41) is 3.05. The predicted molar refractivity (Wildman–Crippen MR) is 95.5 cm³/mol. The lowest BCUT2D eigenvalue weighted by atomic mass is 10.1. The average molecular weight is 331 g/mol. The van der Waals surface area contributed by atoms with E-state index >= 15 is 0 Å². The Morgan fingerprint density at radius 1 is 1.17 bits per heavy atom. The molecule has 2 fully saturated rings. The van der Waals surface area contributed by atoms with Crippen LogP contribution in [0.15, 0.2) is 24.3 Å². The summed E-state index contributed by atoms with van der Waals surface area (Å²) in [6.45, 7) is 4.37. The van der Waals surface area contributed by atoms with Crippen LogP contribution in [0.3, 0.4) is 0 Å². The summed E-state index contributed by atoms with van der Waals surface area (Å²) >= 11 is 0. The minimum absolute atomic E-state index is 0.0657. The third-order valence-electron chi connectivity index (χ3n) is 5.31. The summed E-state index contributed by atoms with van der Waals surface area (Å²) < 4.78 is 5.35. The molecule has 1 aliphatic heterocycles. The highest BCUT2D eigenvalue weighted by Gasteiger charge is 2.27. The highest BCUT2D eigenvalue weighted by molar-refractivity contribution is 5.74. The van der Waals surface area contributed by atoms with Gasteiger partial charge in [-0.05, 0) is 30.9 Å². The van der Waals surface area contributed by atoms with Crippen LogP contribution < -0.4 is 10.1 Å². The summed E-state index contributed by atoms with van der Waals surface area (Å²) in [5.74, 6) is 0.886. The molecule has 0 radical (unpaired) electrons.